The lowest BCUT2D eigenvalue weighted by molar-refractivity contribution is -0.143. The monoisotopic (exact) mass is 582 g/mol. The molecule has 2 unspecified atom stereocenters. The number of urea groups is 1. The SMILES string of the molecule is CC(C)[C@@H](C(=O)O)N(C)C(=O)N(C)[C@H]1CCCN(C(=O)C2CN2C(c2ccccc2)(c2ccccc2)c2ccccc2)C1. The molecule has 0 aliphatic carbocycles. The minimum absolute atomic E-state index is 0.0664. The Morgan fingerprint density at radius 1 is 0.814 bits per heavy atom. The summed E-state index contributed by atoms with van der Waals surface area (Å²) in [5, 5.41) is 9.71. The summed E-state index contributed by atoms with van der Waals surface area (Å²) in [7, 11) is 3.26. The van der Waals surface area contributed by atoms with Gasteiger partial charge in [0, 0.05) is 33.7 Å². The molecule has 2 heterocycles. The Hall–Kier alpha value is -4.17. The maximum absolute atomic E-state index is 14.2. The van der Waals surface area contributed by atoms with E-state index < -0.39 is 17.6 Å². The second-order valence-corrected chi connectivity index (χ2v) is 12.1. The summed E-state index contributed by atoms with van der Waals surface area (Å²) in [6, 6.07) is 29.4. The van der Waals surface area contributed by atoms with Crippen molar-refractivity contribution in [2.45, 2.75) is 50.4 Å². The number of rotatable bonds is 9. The Kier molecular flexibility index (Phi) is 8.87. The van der Waals surface area contributed by atoms with Crippen LogP contribution in [0.25, 0.3) is 0 Å². The number of likely N-dealkylation sites (tertiary alicyclic amines) is 1. The van der Waals surface area contributed by atoms with Gasteiger partial charge in [-0.2, -0.15) is 0 Å². The zero-order chi connectivity index (χ0) is 30.7. The van der Waals surface area contributed by atoms with Gasteiger partial charge in [-0.3, -0.25) is 9.69 Å². The first-order valence-electron chi connectivity index (χ1n) is 15.1. The van der Waals surface area contributed by atoms with Crippen molar-refractivity contribution < 1.29 is 19.5 Å². The van der Waals surface area contributed by atoms with Gasteiger partial charge in [-0.25, -0.2) is 9.59 Å². The highest BCUT2D eigenvalue weighted by molar-refractivity contribution is 5.86. The molecule has 2 saturated heterocycles. The smallest absolute Gasteiger partial charge is 0.326 e. The fourth-order valence-corrected chi connectivity index (χ4v) is 6.86. The molecule has 3 amide bonds. The van der Waals surface area contributed by atoms with Gasteiger partial charge in [0.15, 0.2) is 0 Å². The molecule has 2 aliphatic heterocycles. The number of carboxylic acids is 1. The average molecular weight is 583 g/mol. The fourth-order valence-electron chi connectivity index (χ4n) is 6.86. The van der Waals surface area contributed by atoms with Gasteiger partial charge in [-0.05, 0) is 35.4 Å². The van der Waals surface area contributed by atoms with Crippen LogP contribution in [0.15, 0.2) is 91.0 Å². The number of carboxylic acid groups (broad SMARTS) is 1. The molecule has 4 atom stereocenters. The van der Waals surface area contributed by atoms with Crippen molar-refractivity contribution in [2.75, 3.05) is 33.7 Å². The van der Waals surface area contributed by atoms with E-state index in [0.717, 1.165) is 29.5 Å². The van der Waals surface area contributed by atoms with Crippen LogP contribution in [0.2, 0.25) is 0 Å². The van der Waals surface area contributed by atoms with Crippen LogP contribution in [0.4, 0.5) is 4.79 Å². The molecular formula is C35H42N4O4. The van der Waals surface area contributed by atoms with Crippen molar-refractivity contribution in [3.8, 4) is 0 Å². The van der Waals surface area contributed by atoms with Crippen LogP contribution in [-0.4, -0.2) is 94.5 Å². The summed E-state index contributed by atoms with van der Waals surface area (Å²) < 4.78 is 0. The van der Waals surface area contributed by atoms with Crippen molar-refractivity contribution in [1.82, 2.24) is 19.6 Å². The third-order valence-electron chi connectivity index (χ3n) is 9.06. The molecule has 3 aromatic carbocycles. The van der Waals surface area contributed by atoms with Crippen molar-refractivity contribution in [1.29, 1.82) is 0 Å². The first-order valence-corrected chi connectivity index (χ1v) is 15.1. The average Bonchev–Trinajstić information content (AvgIpc) is 3.83. The van der Waals surface area contributed by atoms with Gasteiger partial charge in [-0.1, -0.05) is 105 Å². The van der Waals surface area contributed by atoms with Gasteiger partial charge >= 0.3 is 12.0 Å². The molecule has 1 N–H and O–H groups in total. The van der Waals surface area contributed by atoms with Gasteiger partial charge < -0.3 is 19.8 Å². The maximum atomic E-state index is 14.2. The molecular weight excluding hydrogens is 540 g/mol. The molecule has 0 spiro atoms. The minimum Gasteiger partial charge on any atom is -0.480 e. The summed E-state index contributed by atoms with van der Waals surface area (Å²) in [6.07, 6.45) is 1.54. The molecule has 2 aliphatic rings. The zero-order valence-corrected chi connectivity index (χ0v) is 25.5. The first-order chi connectivity index (χ1) is 20.7. The van der Waals surface area contributed by atoms with E-state index in [4.69, 9.17) is 0 Å². The number of benzene rings is 3. The fraction of sp³-hybridized carbons (Fsp3) is 0.400. The summed E-state index contributed by atoms with van der Waals surface area (Å²) >= 11 is 0. The highest BCUT2D eigenvalue weighted by atomic mass is 16.4. The third-order valence-corrected chi connectivity index (χ3v) is 9.06. The molecule has 2 fully saturated rings. The third kappa shape index (κ3) is 5.76. The van der Waals surface area contributed by atoms with E-state index in [1.54, 1.807) is 32.8 Å². The minimum atomic E-state index is -1.02. The topological polar surface area (TPSA) is 84.2 Å². The quantitative estimate of drug-likeness (QED) is 0.291. The van der Waals surface area contributed by atoms with Crippen molar-refractivity contribution in [3.05, 3.63) is 108 Å². The molecule has 0 aromatic heterocycles. The lowest BCUT2D eigenvalue weighted by Crippen LogP contribution is -2.56. The van der Waals surface area contributed by atoms with Gasteiger partial charge in [0.1, 0.15) is 12.1 Å². The molecule has 5 rings (SSSR count). The number of nitrogens with zero attached hydrogens (tertiary/aromatic N) is 4. The molecule has 8 nitrogen and oxygen atoms in total. The number of amides is 3. The van der Waals surface area contributed by atoms with E-state index in [1.165, 1.54) is 4.90 Å². The summed E-state index contributed by atoms with van der Waals surface area (Å²) in [5.41, 5.74) is 2.67. The second-order valence-electron chi connectivity index (χ2n) is 12.1. The van der Waals surface area contributed by atoms with Crippen LogP contribution < -0.4 is 0 Å². The molecule has 0 saturated carbocycles. The number of carbonyl (C=O) groups excluding carboxylic acids is 2. The lowest BCUT2D eigenvalue weighted by atomic mass is 9.76. The highest BCUT2D eigenvalue weighted by Crippen LogP contribution is 2.48. The largest absolute Gasteiger partial charge is 0.480 e. The standard InChI is InChI=1S/C35H42N4O4/c1-25(2)31(33(41)42)37(4)34(43)36(3)29-21-14-22-38(23-29)32(40)30-24-39(30)35(26-15-8-5-9-16-26,27-17-10-6-11-18-27)28-19-12-7-13-20-28/h5-13,15-20,25,29-31H,14,21-24H2,1-4H3,(H,41,42)/t29-,30?,31-,39?/m0/s1. The Balaban J connectivity index is 1.40. The van der Waals surface area contributed by atoms with Gasteiger partial charge in [-0.15, -0.1) is 0 Å². The predicted molar refractivity (Wildman–Crippen MR) is 166 cm³/mol. The normalized spacial score (nSPS) is 20.8. The number of hydrogen-bond donors (Lipinski definition) is 1. The number of carbonyl (C=O) groups is 3. The molecule has 0 radical (unpaired) electrons. The van der Waals surface area contributed by atoms with Gasteiger partial charge in [0.2, 0.25) is 5.91 Å². The van der Waals surface area contributed by atoms with E-state index in [2.05, 4.69) is 41.3 Å². The first kappa shape index (κ1) is 30.3. The Morgan fingerprint density at radius 3 is 1.74 bits per heavy atom. The molecule has 226 valence electrons. The van der Waals surface area contributed by atoms with Gasteiger partial charge in [0.25, 0.3) is 0 Å². The number of piperidine rings is 1. The molecule has 43 heavy (non-hydrogen) atoms. The van der Waals surface area contributed by atoms with Crippen molar-refractivity contribution >= 4 is 17.9 Å². The van der Waals surface area contributed by atoms with Crippen LogP contribution in [0.5, 0.6) is 0 Å². The van der Waals surface area contributed by atoms with Crippen LogP contribution in [0, 0.1) is 5.92 Å². The Morgan fingerprint density at radius 2 is 1.30 bits per heavy atom. The zero-order valence-electron chi connectivity index (χ0n) is 25.5. The molecule has 0 bridgehead atoms. The number of aliphatic carboxylic acids is 1. The van der Waals surface area contributed by atoms with E-state index in [-0.39, 0.29) is 29.9 Å². The lowest BCUT2D eigenvalue weighted by Gasteiger charge is -2.41. The highest BCUT2D eigenvalue weighted by Gasteiger charge is 2.57. The van der Waals surface area contributed by atoms with Crippen molar-refractivity contribution in [2.24, 2.45) is 5.92 Å². The van der Waals surface area contributed by atoms with Crippen LogP contribution in [-0.2, 0) is 15.1 Å². The number of likely N-dealkylation sites (N-methyl/N-ethyl adjacent to an activating group) is 2. The van der Waals surface area contributed by atoms with E-state index in [0.29, 0.717) is 19.6 Å². The van der Waals surface area contributed by atoms with Crippen LogP contribution in [0.1, 0.15) is 43.4 Å². The van der Waals surface area contributed by atoms with Crippen LogP contribution >= 0.6 is 0 Å². The number of hydrogen-bond acceptors (Lipinski definition) is 4. The summed E-state index contributed by atoms with van der Waals surface area (Å²) in [5.74, 6) is -1.19. The molecule has 3 aromatic rings. The summed E-state index contributed by atoms with van der Waals surface area (Å²) in [6.45, 7) is 5.27. The molecule has 8 heteroatoms. The van der Waals surface area contributed by atoms with E-state index in [1.807, 2.05) is 59.5 Å². The second kappa shape index (κ2) is 12.6. The summed E-state index contributed by atoms with van der Waals surface area (Å²) in [4.78, 5) is 46.5. The van der Waals surface area contributed by atoms with E-state index in [9.17, 15) is 19.5 Å². The Labute approximate surface area is 254 Å². The van der Waals surface area contributed by atoms with Gasteiger partial charge in [0.05, 0.1) is 11.6 Å². The maximum Gasteiger partial charge on any atom is 0.326 e. The van der Waals surface area contributed by atoms with E-state index >= 15 is 0 Å². The van der Waals surface area contributed by atoms with Crippen molar-refractivity contribution in [3.63, 3.8) is 0 Å². The van der Waals surface area contributed by atoms with Crippen LogP contribution in [0.3, 0.4) is 0 Å². The Bertz CT molecular complexity index is 1320. The predicted octanol–water partition coefficient (Wildman–Crippen LogP) is 4.75.